The molecule has 0 aliphatic heterocycles. The Bertz CT molecular complexity index is 1530. The molecule has 12 heteroatoms. The second-order valence-electron chi connectivity index (χ2n) is 7.76. The quantitative estimate of drug-likeness (QED) is 0.229. The largest absolute Gasteiger partial charge is 0.497 e. The van der Waals surface area contributed by atoms with Crippen molar-refractivity contribution in [3.05, 3.63) is 81.0 Å². The smallest absolute Gasteiger partial charge is 0.442 e. The van der Waals surface area contributed by atoms with E-state index in [1.807, 2.05) is 6.07 Å². The van der Waals surface area contributed by atoms with Crippen LogP contribution in [0.2, 0.25) is 0 Å². The Hall–Kier alpha value is -4.34. The maximum absolute atomic E-state index is 13.0. The molecule has 2 aromatic heterocycles. The number of ether oxygens (including phenoxy) is 1. The van der Waals surface area contributed by atoms with E-state index >= 15 is 0 Å². The zero-order valence-corrected chi connectivity index (χ0v) is 21.7. The van der Waals surface area contributed by atoms with Crippen LogP contribution in [0.1, 0.15) is 27.7 Å². The molecule has 2 aromatic carbocycles. The number of thiophene rings is 1. The molecule has 1 unspecified atom stereocenters. The summed E-state index contributed by atoms with van der Waals surface area (Å²) in [5.74, 6) is -0.174. The summed E-state index contributed by atoms with van der Waals surface area (Å²) in [6.07, 6.45) is 0. The van der Waals surface area contributed by atoms with Gasteiger partial charge in [0.15, 0.2) is 0 Å². The molecule has 2 amide bonds. The maximum atomic E-state index is 13.0. The van der Waals surface area contributed by atoms with Crippen molar-refractivity contribution in [2.75, 3.05) is 17.7 Å². The molecular weight excluding hydrogens is 514 g/mol. The van der Waals surface area contributed by atoms with Gasteiger partial charge in [0.2, 0.25) is 11.6 Å². The number of para-hydroxylation sites is 1. The Kier molecular flexibility index (Phi) is 7.76. The van der Waals surface area contributed by atoms with Gasteiger partial charge in [-0.25, -0.2) is 4.79 Å². The fourth-order valence-electron chi connectivity index (χ4n) is 3.36. The molecule has 2 heterocycles. The highest BCUT2D eigenvalue weighted by Gasteiger charge is 2.30. The zero-order chi connectivity index (χ0) is 26.5. The van der Waals surface area contributed by atoms with Gasteiger partial charge in [-0.15, -0.1) is 11.3 Å². The molecule has 37 heavy (non-hydrogen) atoms. The van der Waals surface area contributed by atoms with Gasteiger partial charge in [0.25, 0.3) is 5.91 Å². The number of benzene rings is 2. The molecular formula is C25H22N5O5S2+. The van der Waals surface area contributed by atoms with E-state index in [1.165, 1.54) is 4.68 Å². The summed E-state index contributed by atoms with van der Waals surface area (Å²) in [7, 11) is 1.55. The lowest BCUT2D eigenvalue weighted by Gasteiger charge is -2.08. The van der Waals surface area contributed by atoms with Gasteiger partial charge < -0.3 is 15.4 Å². The van der Waals surface area contributed by atoms with Gasteiger partial charge in [-0.1, -0.05) is 18.2 Å². The topological polar surface area (TPSA) is 141 Å². The van der Waals surface area contributed by atoms with E-state index < -0.39 is 16.8 Å². The number of nitrogens with one attached hydrogen (secondary N) is 3. The molecule has 0 bridgehead atoms. The highest BCUT2D eigenvalue weighted by atomic mass is 32.2. The van der Waals surface area contributed by atoms with Gasteiger partial charge in [-0.3, -0.25) is 14.1 Å². The first-order valence-corrected chi connectivity index (χ1v) is 12.7. The van der Waals surface area contributed by atoms with Crippen molar-refractivity contribution in [1.29, 1.82) is 5.26 Å². The Morgan fingerprint density at radius 3 is 2.51 bits per heavy atom. The van der Waals surface area contributed by atoms with Crippen LogP contribution in [0, 0.1) is 18.3 Å². The number of hydrogen-bond donors (Lipinski definition) is 3. The van der Waals surface area contributed by atoms with Gasteiger partial charge in [0, 0.05) is 17.8 Å². The van der Waals surface area contributed by atoms with Gasteiger partial charge in [-0.2, -0.15) is 5.26 Å². The number of rotatable bonds is 8. The molecule has 10 nitrogen and oxygen atoms in total. The number of methoxy groups -OCH3 is 1. The van der Waals surface area contributed by atoms with E-state index in [0.717, 1.165) is 23.1 Å². The lowest BCUT2D eigenvalue weighted by Crippen LogP contribution is -2.37. The third kappa shape index (κ3) is 5.58. The minimum absolute atomic E-state index is 0.165. The molecule has 0 aliphatic rings. The second kappa shape index (κ2) is 11.2. The highest BCUT2D eigenvalue weighted by Crippen LogP contribution is 2.34. The fraction of sp³-hybridized carbons (Fsp3) is 0.160. The second-order valence-corrected chi connectivity index (χ2v) is 10.1. The molecule has 0 fully saturated rings. The maximum Gasteiger partial charge on any atom is 0.442 e. The van der Waals surface area contributed by atoms with Crippen molar-refractivity contribution < 1.29 is 23.5 Å². The number of nitriles is 1. The molecule has 0 aliphatic carbocycles. The van der Waals surface area contributed by atoms with Crippen LogP contribution in [-0.2, 0) is 4.79 Å². The minimum Gasteiger partial charge on any atom is -0.497 e. The third-order valence-corrected chi connectivity index (χ3v) is 7.67. The van der Waals surface area contributed by atoms with E-state index in [4.69, 9.17) is 9.26 Å². The molecule has 0 spiro atoms. The lowest BCUT2D eigenvalue weighted by atomic mass is 10.1. The van der Waals surface area contributed by atoms with E-state index in [-0.39, 0.29) is 21.5 Å². The van der Waals surface area contributed by atoms with Gasteiger partial charge >= 0.3 is 10.7 Å². The number of nitrogens with zero attached hydrogens (tertiary/aromatic N) is 2. The molecule has 4 rings (SSSR count). The fourth-order valence-corrected chi connectivity index (χ4v) is 5.30. The Balaban J connectivity index is 1.51. The Morgan fingerprint density at radius 2 is 1.86 bits per heavy atom. The van der Waals surface area contributed by atoms with Gasteiger partial charge in [0.1, 0.15) is 16.8 Å². The zero-order valence-electron chi connectivity index (χ0n) is 20.0. The molecule has 1 atom stereocenters. The van der Waals surface area contributed by atoms with Crippen LogP contribution in [0.4, 0.5) is 10.7 Å². The van der Waals surface area contributed by atoms with E-state index in [1.54, 1.807) is 69.5 Å². The van der Waals surface area contributed by atoms with Crippen LogP contribution in [-0.4, -0.2) is 29.4 Å². The number of H-pyrrole nitrogens is 1. The van der Waals surface area contributed by atoms with Crippen LogP contribution >= 0.6 is 23.1 Å². The first kappa shape index (κ1) is 25.7. The summed E-state index contributed by atoms with van der Waals surface area (Å²) >= 11 is 2.01. The van der Waals surface area contributed by atoms with Crippen LogP contribution in [0.5, 0.6) is 5.75 Å². The number of aromatic nitrogens is 2. The summed E-state index contributed by atoms with van der Waals surface area (Å²) in [5.41, 5.74) is 1.27. The van der Waals surface area contributed by atoms with Crippen LogP contribution in [0.25, 0.3) is 5.69 Å². The summed E-state index contributed by atoms with van der Waals surface area (Å²) in [5, 5.41) is 17.4. The summed E-state index contributed by atoms with van der Waals surface area (Å²) < 4.78 is 11.5. The predicted octanol–water partition coefficient (Wildman–Crippen LogP) is 3.87. The van der Waals surface area contributed by atoms with Crippen molar-refractivity contribution in [3.63, 3.8) is 0 Å². The Labute approximate surface area is 219 Å². The van der Waals surface area contributed by atoms with Crippen molar-refractivity contribution >= 4 is 45.6 Å². The van der Waals surface area contributed by atoms with E-state index in [2.05, 4.69) is 22.0 Å². The standard InChI is InChI=1S/C25H21N5O5S2/c1-14-19(13-26)23(37-20(14)22(32)27-16-7-5-4-6-8-16)28-21(31)15(2)36-24-25(33)35-29-30(24)17-9-11-18(34-3)12-10-17/h4-12,15H,1-3H3,(H2-,27,28,29,31,32,33)/p+1. The highest BCUT2D eigenvalue weighted by molar-refractivity contribution is 8.00. The van der Waals surface area contributed by atoms with Crippen molar-refractivity contribution in [2.45, 2.75) is 24.1 Å². The van der Waals surface area contributed by atoms with Gasteiger partial charge in [-0.05, 0) is 65.4 Å². The third-order valence-electron chi connectivity index (χ3n) is 5.33. The predicted molar refractivity (Wildman–Crippen MR) is 140 cm³/mol. The van der Waals surface area contributed by atoms with E-state index in [0.29, 0.717) is 27.6 Å². The summed E-state index contributed by atoms with van der Waals surface area (Å²) in [4.78, 5) is 38.5. The molecule has 0 saturated carbocycles. The molecule has 3 N–H and O–H groups in total. The van der Waals surface area contributed by atoms with Crippen LogP contribution < -0.4 is 25.7 Å². The number of amides is 2. The monoisotopic (exact) mass is 536 g/mol. The van der Waals surface area contributed by atoms with Crippen molar-refractivity contribution in [1.82, 2.24) is 5.27 Å². The van der Waals surface area contributed by atoms with Crippen molar-refractivity contribution in [2.24, 2.45) is 0 Å². The van der Waals surface area contributed by atoms with Crippen LogP contribution in [0.3, 0.4) is 0 Å². The number of anilines is 2. The lowest BCUT2D eigenvalue weighted by molar-refractivity contribution is -0.704. The number of carbonyl (C=O) groups excluding carboxylic acids is 2. The average molecular weight is 537 g/mol. The Morgan fingerprint density at radius 1 is 1.16 bits per heavy atom. The van der Waals surface area contributed by atoms with Gasteiger partial charge in [0.05, 0.1) is 22.8 Å². The number of thioether (sulfide) groups is 1. The summed E-state index contributed by atoms with van der Waals surface area (Å²) in [6, 6.07) is 17.9. The van der Waals surface area contributed by atoms with Crippen molar-refractivity contribution in [3.8, 4) is 17.5 Å². The first-order valence-electron chi connectivity index (χ1n) is 11.0. The van der Waals surface area contributed by atoms with Crippen LogP contribution in [0.15, 0.2) is 68.9 Å². The SMILES string of the molecule is COc1ccc(-[n+]2[nH]oc(=O)c2SC(C)C(=O)Nc2sc(C(=O)Nc3ccccc3)c(C)c2C#N)cc1. The molecule has 188 valence electrons. The number of carbonyl (C=O) groups is 2. The first-order chi connectivity index (χ1) is 17.8. The summed E-state index contributed by atoms with van der Waals surface area (Å²) in [6.45, 7) is 3.28. The minimum atomic E-state index is -0.737. The normalized spacial score (nSPS) is 11.4. The molecule has 4 aromatic rings. The molecule has 0 saturated heterocycles. The van der Waals surface area contributed by atoms with E-state index in [9.17, 15) is 19.6 Å². The molecule has 0 radical (unpaired) electrons. The number of hydrogen-bond acceptors (Lipinski definition) is 8. The number of aromatic amines is 1. The average Bonchev–Trinajstić information content (AvgIpc) is 3.43.